The van der Waals surface area contributed by atoms with Gasteiger partial charge >= 0.3 is 6.03 Å². The number of amides is 6. The SMILES string of the molecule is CSCCc1ccc(NC(=O)NCc2ccc3c(c2)CN(C2CCC(=O)N(C(N)NC(C)=O)C2=O)C3=O)cc1Cl. The molecule has 0 aromatic heterocycles. The summed E-state index contributed by atoms with van der Waals surface area (Å²) >= 11 is 8.08. The van der Waals surface area contributed by atoms with Crippen LogP contribution in [-0.4, -0.2) is 63.8 Å². The number of nitrogens with one attached hydrogen (secondary N) is 3. The molecule has 11 nitrogen and oxygen atoms in total. The number of aryl methyl sites for hydroxylation is 1. The molecule has 0 radical (unpaired) electrons. The average molecular weight is 587 g/mol. The monoisotopic (exact) mass is 586 g/mol. The molecular formula is C27H31ClN6O5S. The van der Waals surface area contributed by atoms with Crippen LogP contribution >= 0.6 is 23.4 Å². The Kier molecular flexibility index (Phi) is 9.33. The molecule has 212 valence electrons. The van der Waals surface area contributed by atoms with Crippen molar-refractivity contribution in [2.45, 2.75) is 51.6 Å². The fourth-order valence-electron chi connectivity index (χ4n) is 4.80. The zero-order chi connectivity index (χ0) is 29.0. The van der Waals surface area contributed by atoms with Crippen molar-refractivity contribution in [2.24, 2.45) is 5.73 Å². The Morgan fingerprint density at radius 3 is 2.65 bits per heavy atom. The smallest absolute Gasteiger partial charge is 0.319 e. The number of halogens is 1. The van der Waals surface area contributed by atoms with Crippen LogP contribution < -0.4 is 21.7 Å². The van der Waals surface area contributed by atoms with Crippen LogP contribution in [0.3, 0.4) is 0 Å². The highest BCUT2D eigenvalue weighted by atomic mass is 35.5. The topological polar surface area (TPSA) is 154 Å². The number of carbonyl (C=O) groups is 5. The average Bonchev–Trinajstić information content (AvgIpc) is 3.22. The molecule has 1 saturated heterocycles. The van der Waals surface area contributed by atoms with Gasteiger partial charge in [-0.2, -0.15) is 11.8 Å². The van der Waals surface area contributed by atoms with Crippen molar-refractivity contribution >= 4 is 58.7 Å². The molecule has 6 amide bonds. The third kappa shape index (κ3) is 6.57. The van der Waals surface area contributed by atoms with E-state index in [0.717, 1.165) is 28.2 Å². The summed E-state index contributed by atoms with van der Waals surface area (Å²) in [6.45, 7) is 1.61. The molecule has 1 fully saturated rings. The number of piperidine rings is 1. The summed E-state index contributed by atoms with van der Waals surface area (Å²) in [5.41, 5.74) is 9.40. The number of carbonyl (C=O) groups excluding carboxylic acids is 5. The Morgan fingerprint density at radius 2 is 1.95 bits per heavy atom. The molecule has 0 saturated carbocycles. The van der Waals surface area contributed by atoms with Gasteiger partial charge in [-0.3, -0.25) is 24.9 Å². The van der Waals surface area contributed by atoms with Gasteiger partial charge in [-0.1, -0.05) is 29.8 Å². The number of nitrogens with zero attached hydrogens (tertiary/aromatic N) is 2. The number of urea groups is 1. The maximum absolute atomic E-state index is 13.1. The molecule has 2 atom stereocenters. The first kappa shape index (κ1) is 29.4. The largest absolute Gasteiger partial charge is 0.334 e. The zero-order valence-electron chi connectivity index (χ0n) is 22.2. The Bertz CT molecular complexity index is 1350. The number of hydrogen-bond donors (Lipinski definition) is 4. The quantitative estimate of drug-likeness (QED) is 0.260. The number of fused-ring (bicyclic) bond motifs is 1. The first-order valence-electron chi connectivity index (χ1n) is 12.7. The molecule has 2 aliphatic heterocycles. The van der Waals surface area contributed by atoms with E-state index in [1.807, 2.05) is 18.4 Å². The van der Waals surface area contributed by atoms with Gasteiger partial charge in [0.25, 0.3) is 11.8 Å². The van der Waals surface area contributed by atoms with E-state index < -0.39 is 36.1 Å². The molecule has 0 bridgehead atoms. The van der Waals surface area contributed by atoms with Crippen molar-refractivity contribution < 1.29 is 24.0 Å². The summed E-state index contributed by atoms with van der Waals surface area (Å²) in [6, 6.07) is 9.35. The maximum Gasteiger partial charge on any atom is 0.319 e. The fraction of sp³-hybridized carbons (Fsp3) is 0.370. The van der Waals surface area contributed by atoms with Crippen LogP contribution in [0.5, 0.6) is 0 Å². The number of thioether (sulfide) groups is 1. The van der Waals surface area contributed by atoms with E-state index in [4.69, 9.17) is 17.3 Å². The summed E-state index contributed by atoms with van der Waals surface area (Å²) < 4.78 is 0. The minimum atomic E-state index is -1.31. The Labute approximate surface area is 241 Å². The molecule has 0 aliphatic carbocycles. The van der Waals surface area contributed by atoms with Crippen LogP contribution in [0.4, 0.5) is 10.5 Å². The Hall–Kier alpha value is -3.61. The van der Waals surface area contributed by atoms with Crippen LogP contribution in [0.25, 0.3) is 0 Å². The van der Waals surface area contributed by atoms with Crippen molar-refractivity contribution in [3.05, 3.63) is 63.7 Å². The zero-order valence-corrected chi connectivity index (χ0v) is 23.7. The molecule has 40 heavy (non-hydrogen) atoms. The van der Waals surface area contributed by atoms with E-state index in [1.54, 1.807) is 36.0 Å². The summed E-state index contributed by atoms with van der Waals surface area (Å²) in [6.07, 6.45) is 1.75. The summed E-state index contributed by atoms with van der Waals surface area (Å²) in [5.74, 6) is -0.996. The van der Waals surface area contributed by atoms with Gasteiger partial charge in [0.05, 0.1) is 0 Å². The molecular weight excluding hydrogens is 556 g/mol. The normalized spacial score (nSPS) is 17.5. The van der Waals surface area contributed by atoms with E-state index in [-0.39, 0.29) is 31.8 Å². The van der Waals surface area contributed by atoms with Gasteiger partial charge in [0.15, 0.2) is 6.29 Å². The molecule has 2 aromatic carbocycles. The van der Waals surface area contributed by atoms with Crippen LogP contribution in [0, 0.1) is 0 Å². The predicted octanol–water partition coefficient (Wildman–Crippen LogP) is 2.42. The van der Waals surface area contributed by atoms with Crippen molar-refractivity contribution in [1.29, 1.82) is 0 Å². The second-order valence-electron chi connectivity index (χ2n) is 9.58. The second-order valence-corrected chi connectivity index (χ2v) is 11.0. The van der Waals surface area contributed by atoms with E-state index in [1.165, 1.54) is 11.8 Å². The van der Waals surface area contributed by atoms with Gasteiger partial charge in [-0.05, 0) is 59.7 Å². The van der Waals surface area contributed by atoms with E-state index >= 15 is 0 Å². The van der Waals surface area contributed by atoms with Crippen LogP contribution in [0.2, 0.25) is 5.02 Å². The molecule has 5 N–H and O–H groups in total. The van der Waals surface area contributed by atoms with Crippen LogP contribution in [0.1, 0.15) is 46.8 Å². The second kappa shape index (κ2) is 12.7. The number of nitrogens with two attached hydrogens (primary N) is 1. The van der Waals surface area contributed by atoms with Crippen molar-refractivity contribution in [2.75, 3.05) is 17.3 Å². The maximum atomic E-state index is 13.1. The van der Waals surface area contributed by atoms with Gasteiger partial charge in [-0.15, -0.1) is 0 Å². The van der Waals surface area contributed by atoms with E-state index in [0.29, 0.717) is 21.8 Å². The highest BCUT2D eigenvalue weighted by molar-refractivity contribution is 7.98. The molecule has 13 heteroatoms. The van der Waals surface area contributed by atoms with Gasteiger partial charge in [0.2, 0.25) is 11.8 Å². The Balaban J connectivity index is 1.37. The molecule has 2 unspecified atom stereocenters. The van der Waals surface area contributed by atoms with Crippen molar-refractivity contribution in [1.82, 2.24) is 20.4 Å². The number of rotatable bonds is 9. The highest BCUT2D eigenvalue weighted by Crippen LogP contribution is 2.30. The third-order valence-electron chi connectivity index (χ3n) is 6.77. The van der Waals surface area contributed by atoms with Gasteiger partial charge < -0.3 is 20.9 Å². The first-order valence-corrected chi connectivity index (χ1v) is 14.5. The van der Waals surface area contributed by atoms with Gasteiger partial charge in [0, 0.05) is 42.7 Å². The number of anilines is 1. The van der Waals surface area contributed by atoms with E-state index in [2.05, 4.69) is 16.0 Å². The molecule has 2 heterocycles. The fourth-order valence-corrected chi connectivity index (χ4v) is 5.50. The summed E-state index contributed by atoms with van der Waals surface area (Å²) in [4.78, 5) is 64.7. The third-order valence-corrected chi connectivity index (χ3v) is 7.73. The lowest BCUT2D eigenvalue weighted by atomic mass is 10.0. The number of imide groups is 1. The van der Waals surface area contributed by atoms with Crippen LogP contribution in [0.15, 0.2) is 36.4 Å². The van der Waals surface area contributed by atoms with Crippen LogP contribution in [-0.2, 0) is 33.9 Å². The van der Waals surface area contributed by atoms with Crippen molar-refractivity contribution in [3.63, 3.8) is 0 Å². The van der Waals surface area contributed by atoms with Crippen molar-refractivity contribution in [3.8, 4) is 0 Å². The number of likely N-dealkylation sites (tertiary alicyclic amines) is 1. The standard InChI is InChI=1S/C27H31ClN6O5S/c1-15(35)31-26(29)34-23(36)8-7-22(25(34)38)33-14-18-11-16(3-6-20(18)24(33)37)13-30-27(39)32-19-5-4-17(9-10-40-2)21(28)12-19/h3-6,11-12,22,26H,7-10,13-14,29H2,1-2H3,(H,31,35)(H2,30,32,39). The number of hydrogen-bond acceptors (Lipinski definition) is 7. The lowest BCUT2D eigenvalue weighted by Crippen LogP contribution is -2.64. The molecule has 2 aliphatic rings. The van der Waals surface area contributed by atoms with Gasteiger partial charge in [-0.25, -0.2) is 9.69 Å². The molecule has 4 rings (SSSR count). The minimum Gasteiger partial charge on any atom is -0.334 e. The lowest BCUT2D eigenvalue weighted by Gasteiger charge is -2.37. The summed E-state index contributed by atoms with van der Waals surface area (Å²) in [7, 11) is 0. The van der Waals surface area contributed by atoms with E-state index in [9.17, 15) is 24.0 Å². The highest BCUT2D eigenvalue weighted by Gasteiger charge is 2.44. The van der Waals surface area contributed by atoms with Gasteiger partial charge in [0.1, 0.15) is 6.04 Å². The lowest BCUT2D eigenvalue weighted by molar-refractivity contribution is -0.156. The number of benzene rings is 2. The molecule has 2 aromatic rings. The molecule has 0 spiro atoms. The minimum absolute atomic E-state index is 0.0137. The predicted molar refractivity (Wildman–Crippen MR) is 152 cm³/mol. The summed E-state index contributed by atoms with van der Waals surface area (Å²) in [5, 5.41) is 8.51. The first-order chi connectivity index (χ1) is 19.1. The Morgan fingerprint density at radius 1 is 1.18 bits per heavy atom.